The minimum absolute atomic E-state index is 0.210. The van der Waals surface area contributed by atoms with Crippen molar-refractivity contribution in [3.05, 3.63) is 24.0 Å². The first-order chi connectivity index (χ1) is 8.58. The van der Waals surface area contributed by atoms with Crippen molar-refractivity contribution in [2.75, 3.05) is 18.9 Å². The third-order valence-electron chi connectivity index (χ3n) is 2.38. The van der Waals surface area contributed by atoms with E-state index in [1.165, 1.54) is 0 Å². The fourth-order valence-electron chi connectivity index (χ4n) is 1.34. The standard InChI is InChI=1S/C12H18N4O2/c1-4-14-11(17)8(2)16-12(18)10-6-5-9(13-3)7-15-10/h5-8,13H,4H2,1-3H3,(H,14,17)(H,16,18). The number of likely N-dealkylation sites (N-methyl/N-ethyl adjacent to an activating group) is 1. The van der Waals surface area contributed by atoms with Gasteiger partial charge in [0.15, 0.2) is 0 Å². The fraction of sp³-hybridized carbons (Fsp3) is 0.417. The number of pyridine rings is 1. The Morgan fingerprint density at radius 3 is 2.61 bits per heavy atom. The number of rotatable bonds is 5. The van der Waals surface area contributed by atoms with E-state index >= 15 is 0 Å². The van der Waals surface area contributed by atoms with Crippen LogP contribution in [0.15, 0.2) is 18.3 Å². The Morgan fingerprint density at radius 2 is 2.11 bits per heavy atom. The van der Waals surface area contributed by atoms with E-state index in [-0.39, 0.29) is 17.5 Å². The Labute approximate surface area is 106 Å². The summed E-state index contributed by atoms with van der Waals surface area (Å²) in [7, 11) is 1.77. The van der Waals surface area contributed by atoms with Gasteiger partial charge < -0.3 is 16.0 Å². The highest BCUT2D eigenvalue weighted by Gasteiger charge is 2.16. The van der Waals surface area contributed by atoms with Crippen molar-refractivity contribution in [2.24, 2.45) is 0 Å². The maximum Gasteiger partial charge on any atom is 0.270 e. The van der Waals surface area contributed by atoms with Gasteiger partial charge in [0, 0.05) is 13.6 Å². The Hall–Kier alpha value is -2.11. The zero-order valence-corrected chi connectivity index (χ0v) is 10.8. The van der Waals surface area contributed by atoms with Gasteiger partial charge >= 0.3 is 0 Å². The molecule has 0 saturated heterocycles. The Morgan fingerprint density at radius 1 is 1.39 bits per heavy atom. The van der Waals surface area contributed by atoms with E-state index in [0.29, 0.717) is 6.54 Å². The van der Waals surface area contributed by atoms with E-state index in [0.717, 1.165) is 5.69 Å². The van der Waals surface area contributed by atoms with Crippen LogP contribution in [0.5, 0.6) is 0 Å². The Kier molecular flexibility index (Phi) is 5.10. The lowest BCUT2D eigenvalue weighted by Crippen LogP contribution is -2.44. The topological polar surface area (TPSA) is 83.1 Å². The van der Waals surface area contributed by atoms with Crippen LogP contribution >= 0.6 is 0 Å². The molecule has 1 heterocycles. The van der Waals surface area contributed by atoms with Gasteiger partial charge in [-0.25, -0.2) is 4.98 Å². The summed E-state index contributed by atoms with van der Waals surface area (Å²) in [5, 5.41) is 8.13. The average molecular weight is 250 g/mol. The summed E-state index contributed by atoms with van der Waals surface area (Å²) in [4.78, 5) is 27.2. The lowest BCUT2D eigenvalue weighted by molar-refractivity contribution is -0.122. The Balaban J connectivity index is 2.61. The van der Waals surface area contributed by atoms with Gasteiger partial charge in [0.25, 0.3) is 5.91 Å². The fourth-order valence-corrected chi connectivity index (χ4v) is 1.34. The molecule has 0 aromatic carbocycles. The summed E-state index contributed by atoms with van der Waals surface area (Å²) < 4.78 is 0. The van der Waals surface area contributed by atoms with Crippen molar-refractivity contribution in [3.8, 4) is 0 Å². The van der Waals surface area contributed by atoms with E-state index in [2.05, 4.69) is 20.9 Å². The summed E-state index contributed by atoms with van der Waals surface area (Å²) >= 11 is 0. The monoisotopic (exact) mass is 250 g/mol. The zero-order valence-electron chi connectivity index (χ0n) is 10.8. The molecule has 0 saturated carbocycles. The van der Waals surface area contributed by atoms with E-state index < -0.39 is 6.04 Å². The summed E-state index contributed by atoms with van der Waals surface area (Å²) in [6.07, 6.45) is 1.56. The van der Waals surface area contributed by atoms with Gasteiger partial charge in [0.2, 0.25) is 5.91 Å². The Bertz CT molecular complexity index is 417. The molecule has 1 atom stereocenters. The van der Waals surface area contributed by atoms with Crippen LogP contribution < -0.4 is 16.0 Å². The quantitative estimate of drug-likeness (QED) is 0.705. The summed E-state index contributed by atoms with van der Waals surface area (Å²) in [5.74, 6) is -0.575. The van der Waals surface area contributed by atoms with Crippen LogP contribution in [-0.4, -0.2) is 36.4 Å². The first kappa shape index (κ1) is 14.0. The summed E-state index contributed by atoms with van der Waals surface area (Å²) in [6.45, 7) is 3.99. The molecule has 0 bridgehead atoms. The van der Waals surface area contributed by atoms with Crippen LogP contribution in [0.25, 0.3) is 0 Å². The van der Waals surface area contributed by atoms with Gasteiger partial charge in [-0.2, -0.15) is 0 Å². The van der Waals surface area contributed by atoms with Gasteiger partial charge in [-0.05, 0) is 26.0 Å². The van der Waals surface area contributed by atoms with Gasteiger partial charge in [-0.15, -0.1) is 0 Å². The second-order valence-corrected chi connectivity index (χ2v) is 3.77. The normalized spacial score (nSPS) is 11.5. The average Bonchev–Trinajstić information content (AvgIpc) is 2.39. The molecule has 0 spiro atoms. The highest BCUT2D eigenvalue weighted by atomic mass is 16.2. The number of anilines is 1. The van der Waals surface area contributed by atoms with Gasteiger partial charge in [0.05, 0.1) is 11.9 Å². The van der Waals surface area contributed by atoms with Crippen molar-refractivity contribution in [1.82, 2.24) is 15.6 Å². The molecule has 2 amide bonds. The van der Waals surface area contributed by atoms with E-state index in [9.17, 15) is 9.59 Å². The molecule has 1 rings (SSSR count). The molecule has 98 valence electrons. The maximum atomic E-state index is 11.8. The molecular weight excluding hydrogens is 232 g/mol. The van der Waals surface area contributed by atoms with Crippen LogP contribution in [0, 0.1) is 0 Å². The molecule has 18 heavy (non-hydrogen) atoms. The number of hydrogen-bond donors (Lipinski definition) is 3. The van der Waals surface area contributed by atoms with Crippen molar-refractivity contribution < 1.29 is 9.59 Å². The predicted molar refractivity (Wildman–Crippen MR) is 69.4 cm³/mol. The van der Waals surface area contributed by atoms with E-state index in [1.807, 2.05) is 6.92 Å². The molecule has 1 aromatic heterocycles. The first-order valence-corrected chi connectivity index (χ1v) is 5.80. The van der Waals surface area contributed by atoms with Gasteiger partial charge in [-0.1, -0.05) is 0 Å². The smallest absolute Gasteiger partial charge is 0.270 e. The van der Waals surface area contributed by atoms with Crippen LogP contribution in [0.1, 0.15) is 24.3 Å². The van der Waals surface area contributed by atoms with Crippen molar-refractivity contribution >= 4 is 17.5 Å². The molecular formula is C12H18N4O2. The molecule has 0 aliphatic carbocycles. The number of nitrogens with zero attached hydrogens (tertiary/aromatic N) is 1. The van der Waals surface area contributed by atoms with Crippen LogP contribution in [0.3, 0.4) is 0 Å². The number of carbonyl (C=O) groups excluding carboxylic acids is 2. The highest BCUT2D eigenvalue weighted by molar-refractivity contribution is 5.96. The second kappa shape index (κ2) is 6.58. The maximum absolute atomic E-state index is 11.8. The lowest BCUT2D eigenvalue weighted by Gasteiger charge is -2.13. The predicted octanol–water partition coefficient (Wildman–Crippen LogP) is 0.378. The van der Waals surface area contributed by atoms with Crippen molar-refractivity contribution in [3.63, 3.8) is 0 Å². The molecule has 6 heteroatoms. The zero-order chi connectivity index (χ0) is 13.5. The van der Waals surface area contributed by atoms with E-state index in [1.54, 1.807) is 32.3 Å². The lowest BCUT2D eigenvalue weighted by atomic mass is 10.2. The molecule has 0 aliphatic rings. The minimum Gasteiger partial charge on any atom is -0.387 e. The molecule has 0 aliphatic heterocycles. The van der Waals surface area contributed by atoms with Gasteiger partial charge in [0.1, 0.15) is 11.7 Å². The third kappa shape index (κ3) is 3.73. The molecule has 0 fully saturated rings. The van der Waals surface area contributed by atoms with Crippen LogP contribution in [0.2, 0.25) is 0 Å². The van der Waals surface area contributed by atoms with Crippen molar-refractivity contribution in [1.29, 1.82) is 0 Å². The highest BCUT2D eigenvalue weighted by Crippen LogP contribution is 2.04. The van der Waals surface area contributed by atoms with Crippen LogP contribution in [-0.2, 0) is 4.79 Å². The first-order valence-electron chi connectivity index (χ1n) is 5.80. The summed E-state index contributed by atoms with van der Waals surface area (Å²) in [6, 6.07) is 2.77. The largest absolute Gasteiger partial charge is 0.387 e. The number of nitrogens with one attached hydrogen (secondary N) is 3. The molecule has 3 N–H and O–H groups in total. The third-order valence-corrected chi connectivity index (χ3v) is 2.38. The molecule has 0 radical (unpaired) electrons. The number of aromatic nitrogens is 1. The van der Waals surface area contributed by atoms with Crippen molar-refractivity contribution in [2.45, 2.75) is 19.9 Å². The SMILES string of the molecule is CCNC(=O)C(C)NC(=O)c1ccc(NC)cn1. The summed E-state index contributed by atoms with van der Waals surface area (Å²) in [5.41, 5.74) is 1.11. The molecule has 1 aromatic rings. The number of hydrogen-bond acceptors (Lipinski definition) is 4. The molecule has 6 nitrogen and oxygen atoms in total. The van der Waals surface area contributed by atoms with Gasteiger partial charge in [-0.3, -0.25) is 9.59 Å². The second-order valence-electron chi connectivity index (χ2n) is 3.77. The van der Waals surface area contributed by atoms with Crippen LogP contribution in [0.4, 0.5) is 5.69 Å². The number of amides is 2. The minimum atomic E-state index is -0.580. The van der Waals surface area contributed by atoms with E-state index in [4.69, 9.17) is 0 Å². The number of carbonyl (C=O) groups is 2. The molecule has 1 unspecified atom stereocenters.